The number of hydrogen-bond acceptors (Lipinski definition) is 8. The zero-order chi connectivity index (χ0) is 31.0. The van der Waals surface area contributed by atoms with Crippen molar-refractivity contribution in [1.82, 2.24) is 0 Å². The number of esters is 1. The van der Waals surface area contributed by atoms with E-state index in [4.69, 9.17) is 4.74 Å². The summed E-state index contributed by atoms with van der Waals surface area (Å²) < 4.78 is 5.35. The second-order valence-corrected chi connectivity index (χ2v) is 10.5. The standard InChI is InChI=1S/C34H50O8/c1-27-23-32(39)24-30(37)20-15-18-28(35)19-16-21-31(38)26-33(40)25-29(36)17-13-11-9-7-5-3-2-4-6-8-10-12-14-22-34(41)42-27/h2-13,15-16,18,21,27-33,35-40H,14,17,19-20,22-26H2,1H3. The molecule has 0 aromatic rings. The molecule has 0 bridgehead atoms. The Bertz CT molecular complexity index is 959. The van der Waals surface area contributed by atoms with E-state index >= 15 is 0 Å². The second-order valence-electron chi connectivity index (χ2n) is 10.5. The van der Waals surface area contributed by atoms with Crippen molar-refractivity contribution in [3.8, 4) is 0 Å². The summed E-state index contributed by atoms with van der Waals surface area (Å²) >= 11 is 0. The molecule has 1 aliphatic heterocycles. The first-order valence-corrected chi connectivity index (χ1v) is 14.7. The highest BCUT2D eigenvalue weighted by molar-refractivity contribution is 5.69. The van der Waals surface area contributed by atoms with Crippen molar-refractivity contribution in [1.29, 1.82) is 0 Å². The van der Waals surface area contributed by atoms with Crippen LogP contribution in [0.3, 0.4) is 0 Å². The van der Waals surface area contributed by atoms with Crippen LogP contribution in [0.2, 0.25) is 0 Å². The van der Waals surface area contributed by atoms with Gasteiger partial charge in [-0.2, -0.15) is 0 Å². The lowest BCUT2D eigenvalue weighted by atomic mass is 10.0. The molecular weight excluding hydrogens is 536 g/mol. The monoisotopic (exact) mass is 586 g/mol. The molecule has 1 rings (SSSR count). The molecule has 1 aliphatic rings. The van der Waals surface area contributed by atoms with E-state index in [0.29, 0.717) is 12.8 Å². The van der Waals surface area contributed by atoms with E-state index in [-0.39, 0.29) is 50.9 Å². The maximum atomic E-state index is 12.1. The Morgan fingerprint density at radius 3 is 1.64 bits per heavy atom. The topological polar surface area (TPSA) is 148 Å². The van der Waals surface area contributed by atoms with Crippen LogP contribution in [-0.4, -0.2) is 79.3 Å². The summed E-state index contributed by atoms with van der Waals surface area (Å²) in [4.78, 5) is 12.1. The molecule has 0 aromatic heterocycles. The van der Waals surface area contributed by atoms with Gasteiger partial charge >= 0.3 is 5.97 Å². The fourth-order valence-electron chi connectivity index (χ4n) is 4.13. The van der Waals surface area contributed by atoms with E-state index in [2.05, 4.69) is 0 Å². The summed E-state index contributed by atoms with van der Waals surface area (Å²) in [6.07, 6.45) is 25.2. The van der Waals surface area contributed by atoms with Crippen LogP contribution < -0.4 is 0 Å². The SMILES string of the molecule is CC1CC(O)CC(O)CC=CC(O)CC=CC(O)CC(O)CC(O)CC=CC=CC=CC=CC=CC=CCCC(=O)O1. The molecule has 1 heterocycles. The minimum absolute atomic E-state index is 0.0687. The number of cyclic esters (lactones) is 1. The predicted octanol–water partition coefficient (Wildman–Crippen LogP) is 4.06. The Morgan fingerprint density at radius 2 is 1.02 bits per heavy atom. The van der Waals surface area contributed by atoms with Gasteiger partial charge in [-0.1, -0.05) is 97.2 Å². The van der Waals surface area contributed by atoms with Gasteiger partial charge in [0.1, 0.15) is 6.10 Å². The maximum absolute atomic E-state index is 12.1. The molecule has 0 radical (unpaired) electrons. The molecule has 0 amide bonds. The van der Waals surface area contributed by atoms with Crippen LogP contribution in [-0.2, 0) is 9.53 Å². The Hall–Kier alpha value is -2.85. The number of hydrogen-bond donors (Lipinski definition) is 6. The van der Waals surface area contributed by atoms with Crippen molar-refractivity contribution in [2.24, 2.45) is 0 Å². The number of rotatable bonds is 0. The summed E-state index contributed by atoms with van der Waals surface area (Å²) in [6, 6.07) is 0. The molecule has 8 nitrogen and oxygen atoms in total. The van der Waals surface area contributed by atoms with Gasteiger partial charge in [0, 0.05) is 19.3 Å². The van der Waals surface area contributed by atoms with Gasteiger partial charge in [0.25, 0.3) is 0 Å². The van der Waals surface area contributed by atoms with Gasteiger partial charge in [0.15, 0.2) is 0 Å². The maximum Gasteiger partial charge on any atom is 0.306 e. The number of aliphatic hydroxyl groups excluding tert-OH is 6. The quantitative estimate of drug-likeness (QED) is 0.184. The lowest BCUT2D eigenvalue weighted by molar-refractivity contribution is -0.149. The van der Waals surface area contributed by atoms with E-state index in [9.17, 15) is 35.4 Å². The molecule has 42 heavy (non-hydrogen) atoms. The van der Waals surface area contributed by atoms with Crippen LogP contribution >= 0.6 is 0 Å². The highest BCUT2D eigenvalue weighted by Crippen LogP contribution is 2.13. The minimum Gasteiger partial charge on any atom is -0.463 e. The molecule has 234 valence electrons. The van der Waals surface area contributed by atoms with Gasteiger partial charge in [-0.05, 0) is 45.4 Å². The lowest BCUT2D eigenvalue weighted by Gasteiger charge is -2.19. The number of carbonyl (C=O) groups is 1. The molecule has 7 unspecified atom stereocenters. The summed E-state index contributed by atoms with van der Waals surface area (Å²) in [6.45, 7) is 1.71. The Balaban J connectivity index is 2.71. The van der Waals surface area contributed by atoms with Crippen molar-refractivity contribution in [3.63, 3.8) is 0 Å². The second kappa shape index (κ2) is 23.7. The first-order chi connectivity index (χ1) is 20.2. The van der Waals surface area contributed by atoms with E-state index in [1.54, 1.807) is 19.1 Å². The average molecular weight is 587 g/mol. The van der Waals surface area contributed by atoms with Gasteiger partial charge in [-0.25, -0.2) is 0 Å². The smallest absolute Gasteiger partial charge is 0.306 e. The predicted molar refractivity (Wildman–Crippen MR) is 166 cm³/mol. The van der Waals surface area contributed by atoms with Crippen LogP contribution in [0.5, 0.6) is 0 Å². The van der Waals surface area contributed by atoms with Crippen LogP contribution in [0.25, 0.3) is 0 Å². The summed E-state index contributed by atoms with van der Waals surface area (Å²) in [5.41, 5.74) is 0. The van der Waals surface area contributed by atoms with Gasteiger partial charge in [0.05, 0.1) is 36.6 Å². The summed E-state index contributed by atoms with van der Waals surface area (Å²) in [5.74, 6) is -0.347. The van der Waals surface area contributed by atoms with Crippen molar-refractivity contribution >= 4 is 5.97 Å². The molecule has 6 N–H and O–H groups in total. The summed E-state index contributed by atoms with van der Waals surface area (Å²) in [7, 11) is 0. The third-order valence-corrected chi connectivity index (χ3v) is 6.24. The molecule has 0 aromatic carbocycles. The third kappa shape index (κ3) is 21.8. The first-order valence-electron chi connectivity index (χ1n) is 14.7. The Labute approximate surface area is 250 Å². The average Bonchev–Trinajstić information content (AvgIpc) is 2.89. The number of ether oxygens (including phenoxy) is 1. The molecule has 0 saturated heterocycles. The highest BCUT2D eigenvalue weighted by Gasteiger charge is 2.17. The van der Waals surface area contributed by atoms with Crippen molar-refractivity contribution in [2.75, 3.05) is 0 Å². The van der Waals surface area contributed by atoms with Crippen LogP contribution in [0, 0.1) is 0 Å². The molecule has 0 spiro atoms. The molecule has 8 heteroatoms. The van der Waals surface area contributed by atoms with Gasteiger partial charge in [0.2, 0.25) is 0 Å². The van der Waals surface area contributed by atoms with Crippen molar-refractivity contribution in [2.45, 2.75) is 107 Å². The molecule has 0 aliphatic carbocycles. The third-order valence-electron chi connectivity index (χ3n) is 6.24. The van der Waals surface area contributed by atoms with Crippen LogP contribution in [0.1, 0.15) is 64.7 Å². The fourth-order valence-corrected chi connectivity index (χ4v) is 4.13. The molecule has 0 saturated carbocycles. The van der Waals surface area contributed by atoms with E-state index in [0.717, 1.165) is 0 Å². The van der Waals surface area contributed by atoms with E-state index < -0.39 is 42.7 Å². The van der Waals surface area contributed by atoms with Crippen LogP contribution in [0.15, 0.2) is 97.2 Å². The van der Waals surface area contributed by atoms with Gasteiger partial charge in [-0.15, -0.1) is 0 Å². The van der Waals surface area contributed by atoms with E-state index in [1.807, 2.05) is 72.9 Å². The number of allylic oxidation sites excluding steroid dienone is 11. The Kier molecular flexibility index (Phi) is 21.0. The normalized spacial score (nSPS) is 31.0. The van der Waals surface area contributed by atoms with Crippen molar-refractivity contribution < 1.29 is 40.2 Å². The zero-order valence-corrected chi connectivity index (χ0v) is 24.6. The zero-order valence-electron chi connectivity index (χ0n) is 24.6. The van der Waals surface area contributed by atoms with Crippen LogP contribution in [0.4, 0.5) is 0 Å². The molecular formula is C34H50O8. The largest absolute Gasteiger partial charge is 0.463 e. The van der Waals surface area contributed by atoms with E-state index in [1.165, 1.54) is 12.2 Å². The van der Waals surface area contributed by atoms with Crippen molar-refractivity contribution in [3.05, 3.63) is 97.2 Å². The fraction of sp³-hybridized carbons (Fsp3) is 0.500. The lowest BCUT2D eigenvalue weighted by Crippen LogP contribution is -2.24. The number of carbonyl (C=O) groups excluding carboxylic acids is 1. The van der Waals surface area contributed by atoms with Gasteiger partial charge in [-0.3, -0.25) is 4.79 Å². The first kappa shape index (κ1) is 37.2. The number of aliphatic hydroxyl groups is 6. The molecule has 0 fully saturated rings. The highest BCUT2D eigenvalue weighted by atomic mass is 16.5. The summed E-state index contributed by atoms with van der Waals surface area (Å²) in [5, 5.41) is 61.0. The Morgan fingerprint density at radius 1 is 0.548 bits per heavy atom. The van der Waals surface area contributed by atoms with Gasteiger partial charge < -0.3 is 35.4 Å². The molecule has 7 atom stereocenters. The minimum atomic E-state index is -0.914.